The second kappa shape index (κ2) is 8.23. The number of carbonyl (C=O) groups excluding carboxylic acids is 1. The molecule has 0 aliphatic carbocycles. The third kappa shape index (κ3) is 5.00. The first kappa shape index (κ1) is 18.4. The summed E-state index contributed by atoms with van der Waals surface area (Å²) in [7, 11) is 0. The molecule has 1 amide bonds. The van der Waals surface area contributed by atoms with Gasteiger partial charge in [0.25, 0.3) is 11.2 Å². The summed E-state index contributed by atoms with van der Waals surface area (Å²) in [5.41, 5.74) is 1.41. The van der Waals surface area contributed by atoms with Gasteiger partial charge >= 0.3 is 0 Å². The number of benzene rings is 1. The molecule has 0 saturated carbocycles. The lowest BCUT2D eigenvalue weighted by Crippen LogP contribution is -2.28. The summed E-state index contributed by atoms with van der Waals surface area (Å²) in [6.07, 6.45) is 4.31. The number of hydrogen-bond acceptors (Lipinski definition) is 4. The number of carbonyl (C=O) groups is 1. The standard InChI is InChI=1S/C18H21N3O4/c1-3-4-5-14-6-8-15(9-7-14)19-17(22)12-20-11-16(21(24)25)10-13(2)18(20)23/h6-11H,3-5,12H2,1-2H3,(H,19,22). The summed E-state index contributed by atoms with van der Waals surface area (Å²) >= 11 is 0. The highest BCUT2D eigenvalue weighted by molar-refractivity contribution is 5.90. The maximum absolute atomic E-state index is 12.1. The summed E-state index contributed by atoms with van der Waals surface area (Å²) < 4.78 is 1.05. The quantitative estimate of drug-likeness (QED) is 0.617. The van der Waals surface area contributed by atoms with E-state index in [1.807, 2.05) is 24.3 Å². The number of nitro groups is 1. The zero-order valence-electron chi connectivity index (χ0n) is 14.3. The number of rotatable bonds is 7. The summed E-state index contributed by atoms with van der Waals surface area (Å²) in [5, 5.41) is 13.6. The van der Waals surface area contributed by atoms with Crippen LogP contribution in [-0.2, 0) is 17.8 Å². The molecule has 2 aromatic rings. The SMILES string of the molecule is CCCCc1ccc(NC(=O)Cn2cc([N+](=O)[O-])cc(C)c2=O)cc1. The minimum atomic E-state index is -0.587. The van der Waals surface area contributed by atoms with E-state index in [2.05, 4.69) is 12.2 Å². The van der Waals surface area contributed by atoms with Gasteiger partial charge in [0.1, 0.15) is 6.54 Å². The largest absolute Gasteiger partial charge is 0.325 e. The highest BCUT2D eigenvalue weighted by Crippen LogP contribution is 2.13. The lowest BCUT2D eigenvalue weighted by molar-refractivity contribution is -0.385. The number of nitrogens with one attached hydrogen (secondary N) is 1. The third-order valence-corrected chi connectivity index (χ3v) is 3.83. The molecule has 0 fully saturated rings. The fourth-order valence-electron chi connectivity index (χ4n) is 2.47. The minimum Gasteiger partial charge on any atom is -0.325 e. The Labute approximate surface area is 145 Å². The lowest BCUT2D eigenvalue weighted by Gasteiger charge is -2.09. The lowest BCUT2D eigenvalue weighted by atomic mass is 10.1. The Hall–Kier alpha value is -2.96. The topological polar surface area (TPSA) is 94.2 Å². The second-order valence-electron chi connectivity index (χ2n) is 5.92. The molecule has 1 aromatic carbocycles. The van der Waals surface area contributed by atoms with Crippen LogP contribution < -0.4 is 10.9 Å². The number of unbranched alkanes of at least 4 members (excludes halogenated alkanes) is 1. The van der Waals surface area contributed by atoms with E-state index in [0.717, 1.165) is 30.0 Å². The van der Waals surface area contributed by atoms with Crippen LogP contribution >= 0.6 is 0 Å². The van der Waals surface area contributed by atoms with Gasteiger partial charge in [-0.15, -0.1) is 0 Å². The van der Waals surface area contributed by atoms with Crippen molar-refractivity contribution in [3.05, 3.63) is 68.1 Å². The fourth-order valence-corrected chi connectivity index (χ4v) is 2.47. The van der Waals surface area contributed by atoms with E-state index in [0.29, 0.717) is 5.69 Å². The van der Waals surface area contributed by atoms with Crippen molar-refractivity contribution in [1.82, 2.24) is 4.57 Å². The minimum absolute atomic E-state index is 0.217. The molecular formula is C18H21N3O4. The molecule has 0 atom stereocenters. The van der Waals surface area contributed by atoms with E-state index in [1.165, 1.54) is 18.6 Å². The molecule has 7 heteroatoms. The van der Waals surface area contributed by atoms with E-state index in [-0.39, 0.29) is 17.8 Å². The second-order valence-corrected chi connectivity index (χ2v) is 5.92. The number of hydrogen-bond donors (Lipinski definition) is 1. The summed E-state index contributed by atoms with van der Waals surface area (Å²) in [6.45, 7) is 3.34. The van der Waals surface area contributed by atoms with Gasteiger partial charge in [-0.3, -0.25) is 24.3 Å². The van der Waals surface area contributed by atoms with Gasteiger partial charge < -0.3 is 5.32 Å². The fraction of sp³-hybridized carbons (Fsp3) is 0.333. The molecular weight excluding hydrogens is 322 g/mol. The Kier molecular flexibility index (Phi) is 6.05. The zero-order chi connectivity index (χ0) is 18.4. The Morgan fingerprint density at radius 2 is 1.96 bits per heavy atom. The molecule has 132 valence electrons. The normalized spacial score (nSPS) is 10.5. The van der Waals surface area contributed by atoms with Gasteiger partial charge in [0, 0.05) is 17.3 Å². The van der Waals surface area contributed by atoms with E-state index in [9.17, 15) is 19.7 Å². The molecule has 0 radical (unpaired) electrons. The highest BCUT2D eigenvalue weighted by Gasteiger charge is 2.13. The smallest absolute Gasteiger partial charge is 0.286 e. The van der Waals surface area contributed by atoms with Crippen molar-refractivity contribution in [2.75, 3.05) is 5.32 Å². The Morgan fingerprint density at radius 3 is 2.56 bits per heavy atom. The zero-order valence-corrected chi connectivity index (χ0v) is 14.3. The molecule has 1 N–H and O–H groups in total. The first-order valence-corrected chi connectivity index (χ1v) is 8.15. The predicted octanol–water partition coefficient (Wildman–Crippen LogP) is 3.05. The van der Waals surface area contributed by atoms with Crippen molar-refractivity contribution in [2.45, 2.75) is 39.7 Å². The van der Waals surface area contributed by atoms with Crippen LogP contribution in [0.5, 0.6) is 0 Å². The number of aromatic nitrogens is 1. The Bertz CT molecular complexity index is 825. The highest BCUT2D eigenvalue weighted by atomic mass is 16.6. The Morgan fingerprint density at radius 1 is 1.28 bits per heavy atom. The predicted molar refractivity (Wildman–Crippen MR) is 95.8 cm³/mol. The molecule has 1 heterocycles. The monoisotopic (exact) mass is 343 g/mol. The third-order valence-electron chi connectivity index (χ3n) is 3.83. The first-order chi connectivity index (χ1) is 11.9. The van der Waals surface area contributed by atoms with Crippen molar-refractivity contribution in [2.24, 2.45) is 0 Å². The first-order valence-electron chi connectivity index (χ1n) is 8.15. The Balaban J connectivity index is 2.07. The van der Waals surface area contributed by atoms with Crippen molar-refractivity contribution in [3.8, 4) is 0 Å². The molecule has 25 heavy (non-hydrogen) atoms. The van der Waals surface area contributed by atoms with Gasteiger partial charge in [0.15, 0.2) is 0 Å². The van der Waals surface area contributed by atoms with Crippen LogP contribution in [0.4, 0.5) is 11.4 Å². The van der Waals surface area contributed by atoms with Crippen LogP contribution in [-0.4, -0.2) is 15.4 Å². The average Bonchev–Trinajstić information content (AvgIpc) is 2.58. The molecule has 0 bridgehead atoms. The van der Waals surface area contributed by atoms with Gasteiger partial charge in [-0.2, -0.15) is 0 Å². The van der Waals surface area contributed by atoms with Gasteiger partial charge in [-0.1, -0.05) is 25.5 Å². The van der Waals surface area contributed by atoms with E-state index >= 15 is 0 Å². The van der Waals surface area contributed by atoms with Crippen molar-refractivity contribution in [1.29, 1.82) is 0 Å². The average molecular weight is 343 g/mol. The van der Waals surface area contributed by atoms with Gasteiger partial charge in [0.05, 0.1) is 11.1 Å². The van der Waals surface area contributed by atoms with E-state index in [4.69, 9.17) is 0 Å². The van der Waals surface area contributed by atoms with E-state index < -0.39 is 16.4 Å². The van der Waals surface area contributed by atoms with Crippen LogP contribution in [0.3, 0.4) is 0 Å². The van der Waals surface area contributed by atoms with Crippen molar-refractivity contribution < 1.29 is 9.72 Å². The van der Waals surface area contributed by atoms with Crippen LogP contribution in [0.25, 0.3) is 0 Å². The maximum Gasteiger partial charge on any atom is 0.286 e. The molecule has 0 spiro atoms. The molecule has 2 rings (SSSR count). The van der Waals surface area contributed by atoms with Crippen LogP contribution in [0.2, 0.25) is 0 Å². The molecule has 1 aromatic heterocycles. The summed E-state index contributed by atoms with van der Waals surface area (Å²) in [5.74, 6) is -0.414. The molecule has 7 nitrogen and oxygen atoms in total. The van der Waals surface area contributed by atoms with Gasteiger partial charge in [-0.25, -0.2) is 0 Å². The van der Waals surface area contributed by atoms with Crippen molar-refractivity contribution in [3.63, 3.8) is 0 Å². The molecule has 0 saturated heterocycles. The van der Waals surface area contributed by atoms with Gasteiger partial charge in [0.2, 0.25) is 5.91 Å². The molecule has 0 aliphatic heterocycles. The van der Waals surface area contributed by atoms with Crippen molar-refractivity contribution >= 4 is 17.3 Å². The maximum atomic E-state index is 12.1. The number of aryl methyl sites for hydroxylation is 2. The number of nitrogens with zero attached hydrogens (tertiary/aromatic N) is 2. The summed E-state index contributed by atoms with van der Waals surface area (Å²) in [6, 6.07) is 8.73. The van der Waals surface area contributed by atoms with Crippen LogP contribution in [0.15, 0.2) is 41.3 Å². The summed E-state index contributed by atoms with van der Waals surface area (Å²) in [4.78, 5) is 34.5. The molecule has 0 unspecified atom stereocenters. The van der Waals surface area contributed by atoms with Crippen LogP contribution in [0.1, 0.15) is 30.9 Å². The molecule has 0 aliphatic rings. The van der Waals surface area contributed by atoms with E-state index in [1.54, 1.807) is 0 Å². The number of anilines is 1. The van der Waals surface area contributed by atoms with Crippen LogP contribution in [0, 0.1) is 17.0 Å². The van der Waals surface area contributed by atoms with Gasteiger partial charge in [-0.05, 0) is 37.5 Å². The number of amides is 1. The number of pyridine rings is 1.